The van der Waals surface area contributed by atoms with E-state index in [4.69, 9.17) is 0 Å². The first kappa shape index (κ1) is 17.1. The van der Waals surface area contributed by atoms with Gasteiger partial charge in [0.25, 0.3) is 0 Å². The molecule has 0 atom stereocenters. The predicted octanol–water partition coefficient (Wildman–Crippen LogP) is 3.83. The van der Waals surface area contributed by atoms with Crippen molar-refractivity contribution < 1.29 is 4.39 Å². The average molecular weight is 362 g/mol. The normalized spacial score (nSPS) is 11.1. The van der Waals surface area contributed by atoms with E-state index in [1.165, 1.54) is 12.1 Å². The molecule has 0 saturated heterocycles. The lowest BCUT2D eigenvalue weighted by molar-refractivity contribution is 0.629. The number of hydrogen-bond donors (Lipinski definition) is 2. The Morgan fingerprint density at radius 3 is 2.78 bits per heavy atom. The van der Waals surface area contributed by atoms with Crippen LogP contribution in [-0.4, -0.2) is 31.5 Å². The molecule has 1 aromatic carbocycles. The second-order valence-electron chi connectivity index (χ2n) is 6.34. The van der Waals surface area contributed by atoms with Gasteiger partial charge >= 0.3 is 0 Å². The lowest BCUT2D eigenvalue weighted by Crippen LogP contribution is -2.11. The molecule has 0 bridgehead atoms. The quantitative estimate of drug-likeness (QED) is 0.564. The summed E-state index contributed by atoms with van der Waals surface area (Å²) < 4.78 is 13.3. The molecule has 6 nitrogen and oxygen atoms in total. The van der Waals surface area contributed by atoms with Gasteiger partial charge in [-0.1, -0.05) is 6.07 Å². The maximum absolute atomic E-state index is 13.3. The van der Waals surface area contributed by atoms with Crippen LogP contribution >= 0.6 is 0 Å². The van der Waals surface area contributed by atoms with Gasteiger partial charge < -0.3 is 10.3 Å². The summed E-state index contributed by atoms with van der Waals surface area (Å²) in [6.07, 6.45) is 2.39. The number of aryl methyl sites for hydroxylation is 1. The molecule has 3 heterocycles. The molecule has 0 spiro atoms. The molecule has 0 radical (unpaired) electrons. The highest BCUT2D eigenvalue weighted by atomic mass is 19.1. The number of hydrogen-bond acceptors (Lipinski definition) is 5. The summed E-state index contributed by atoms with van der Waals surface area (Å²) in [4.78, 5) is 21.1. The highest BCUT2D eigenvalue weighted by Crippen LogP contribution is 2.20. The Labute approximate surface area is 155 Å². The number of fused-ring (bicyclic) bond motifs is 1. The number of pyridine rings is 1. The molecule has 0 fully saturated rings. The maximum atomic E-state index is 13.3. The second kappa shape index (κ2) is 7.11. The highest BCUT2D eigenvalue weighted by Gasteiger charge is 2.11. The minimum absolute atomic E-state index is 0.273. The molecule has 2 N–H and O–H groups in total. The molecule has 0 aliphatic heterocycles. The smallest absolute Gasteiger partial charge is 0.180 e. The van der Waals surface area contributed by atoms with Crippen LogP contribution in [0.3, 0.4) is 0 Å². The van der Waals surface area contributed by atoms with Crippen molar-refractivity contribution in [1.29, 1.82) is 0 Å². The van der Waals surface area contributed by atoms with Crippen LogP contribution in [0.5, 0.6) is 0 Å². The van der Waals surface area contributed by atoms with Crippen LogP contribution in [-0.2, 0) is 6.42 Å². The van der Waals surface area contributed by atoms with E-state index in [2.05, 4.69) is 30.2 Å². The maximum Gasteiger partial charge on any atom is 0.180 e. The van der Waals surface area contributed by atoms with Gasteiger partial charge in [-0.2, -0.15) is 0 Å². The van der Waals surface area contributed by atoms with Crippen LogP contribution in [0, 0.1) is 19.7 Å². The van der Waals surface area contributed by atoms with Crippen LogP contribution < -0.4 is 5.32 Å². The van der Waals surface area contributed by atoms with Crippen molar-refractivity contribution >= 4 is 16.9 Å². The van der Waals surface area contributed by atoms with Gasteiger partial charge in [0, 0.05) is 30.4 Å². The van der Waals surface area contributed by atoms with Crippen molar-refractivity contribution in [1.82, 2.24) is 24.9 Å². The fraction of sp³-hybridized carbons (Fsp3) is 0.200. The fourth-order valence-corrected chi connectivity index (χ4v) is 2.86. The van der Waals surface area contributed by atoms with Gasteiger partial charge in [0.05, 0.1) is 11.0 Å². The van der Waals surface area contributed by atoms with Gasteiger partial charge in [-0.05, 0) is 44.2 Å². The summed E-state index contributed by atoms with van der Waals surface area (Å²) in [6, 6.07) is 10.2. The third kappa shape index (κ3) is 3.62. The number of anilines is 1. The summed E-state index contributed by atoms with van der Waals surface area (Å²) in [5.41, 5.74) is 4.12. The van der Waals surface area contributed by atoms with Gasteiger partial charge in [-0.15, -0.1) is 0 Å². The Morgan fingerprint density at radius 1 is 1.07 bits per heavy atom. The van der Waals surface area contributed by atoms with E-state index < -0.39 is 0 Å². The summed E-state index contributed by atoms with van der Waals surface area (Å²) >= 11 is 0. The molecule has 7 heteroatoms. The number of nitrogens with one attached hydrogen (secondary N) is 2. The number of halogens is 1. The molecule has 4 aromatic rings. The molecule has 0 aliphatic carbocycles. The molecule has 27 heavy (non-hydrogen) atoms. The minimum atomic E-state index is -0.273. The molecular formula is C20H19FN6. The topological polar surface area (TPSA) is 79.4 Å². The number of aromatic amines is 1. The molecule has 4 rings (SSSR count). The van der Waals surface area contributed by atoms with Gasteiger partial charge in [0.2, 0.25) is 0 Å². The molecule has 136 valence electrons. The SMILES string of the molecule is Cc1nc(-c2ccccn2)nc(NCCc2nc3ccc(F)cc3[nH]2)c1C. The van der Waals surface area contributed by atoms with Crippen molar-refractivity contribution in [3.05, 3.63) is 65.5 Å². The van der Waals surface area contributed by atoms with Crippen LogP contribution in [0.4, 0.5) is 10.2 Å². The predicted molar refractivity (Wildman–Crippen MR) is 103 cm³/mol. The Morgan fingerprint density at radius 2 is 1.96 bits per heavy atom. The molecule has 0 unspecified atom stereocenters. The van der Waals surface area contributed by atoms with Crippen molar-refractivity contribution in [2.45, 2.75) is 20.3 Å². The molecule has 0 saturated carbocycles. The fourth-order valence-electron chi connectivity index (χ4n) is 2.86. The average Bonchev–Trinajstić information content (AvgIpc) is 3.07. The van der Waals surface area contributed by atoms with Crippen LogP contribution in [0.2, 0.25) is 0 Å². The zero-order chi connectivity index (χ0) is 18.8. The van der Waals surface area contributed by atoms with Crippen molar-refractivity contribution in [2.75, 3.05) is 11.9 Å². The van der Waals surface area contributed by atoms with Crippen LogP contribution in [0.15, 0.2) is 42.6 Å². The van der Waals surface area contributed by atoms with Gasteiger partial charge in [0.1, 0.15) is 23.2 Å². The number of H-pyrrole nitrogens is 1. The Hall–Kier alpha value is -3.35. The summed E-state index contributed by atoms with van der Waals surface area (Å²) in [5.74, 6) is 1.91. The number of benzene rings is 1. The van der Waals surface area contributed by atoms with E-state index in [1.807, 2.05) is 32.0 Å². The third-order valence-electron chi connectivity index (χ3n) is 4.43. The van der Waals surface area contributed by atoms with E-state index in [-0.39, 0.29) is 5.82 Å². The van der Waals surface area contributed by atoms with Crippen molar-refractivity contribution in [3.8, 4) is 11.5 Å². The molecule has 0 aliphatic rings. The lowest BCUT2D eigenvalue weighted by atomic mass is 10.2. The van der Waals surface area contributed by atoms with E-state index in [1.54, 1.807) is 12.3 Å². The standard InChI is InChI=1S/C20H19FN6/c1-12-13(2)24-20(16-5-3-4-9-22-16)27-19(12)23-10-8-18-25-15-7-6-14(21)11-17(15)26-18/h3-7,9,11H,8,10H2,1-2H3,(H,25,26)(H,23,24,27). The Bertz CT molecular complexity index is 1090. The van der Waals surface area contributed by atoms with Gasteiger partial charge in [-0.3, -0.25) is 4.98 Å². The zero-order valence-electron chi connectivity index (χ0n) is 15.1. The molecular weight excluding hydrogens is 343 g/mol. The Kier molecular flexibility index (Phi) is 4.50. The Balaban J connectivity index is 1.51. The van der Waals surface area contributed by atoms with Crippen molar-refractivity contribution in [3.63, 3.8) is 0 Å². The van der Waals surface area contributed by atoms with E-state index >= 15 is 0 Å². The number of aromatic nitrogens is 5. The highest BCUT2D eigenvalue weighted by molar-refractivity contribution is 5.74. The monoisotopic (exact) mass is 362 g/mol. The second-order valence-corrected chi connectivity index (χ2v) is 6.34. The number of rotatable bonds is 5. The largest absolute Gasteiger partial charge is 0.369 e. The van der Waals surface area contributed by atoms with Gasteiger partial charge in [0.15, 0.2) is 5.82 Å². The molecule has 0 amide bonds. The first-order chi connectivity index (χ1) is 13.1. The minimum Gasteiger partial charge on any atom is -0.369 e. The van der Waals surface area contributed by atoms with Crippen LogP contribution in [0.25, 0.3) is 22.6 Å². The summed E-state index contributed by atoms with van der Waals surface area (Å²) in [5, 5.41) is 3.36. The first-order valence-corrected chi connectivity index (χ1v) is 8.75. The summed E-state index contributed by atoms with van der Waals surface area (Å²) in [6.45, 7) is 4.59. The zero-order valence-corrected chi connectivity index (χ0v) is 15.1. The summed E-state index contributed by atoms with van der Waals surface area (Å²) in [7, 11) is 0. The third-order valence-corrected chi connectivity index (χ3v) is 4.43. The van der Waals surface area contributed by atoms with E-state index in [9.17, 15) is 4.39 Å². The van der Waals surface area contributed by atoms with Crippen molar-refractivity contribution in [2.24, 2.45) is 0 Å². The van der Waals surface area contributed by atoms with Crippen LogP contribution in [0.1, 0.15) is 17.1 Å². The first-order valence-electron chi connectivity index (χ1n) is 8.75. The van der Waals surface area contributed by atoms with E-state index in [0.29, 0.717) is 24.3 Å². The van der Waals surface area contributed by atoms with E-state index in [0.717, 1.165) is 34.1 Å². The van der Waals surface area contributed by atoms with Gasteiger partial charge in [-0.25, -0.2) is 19.3 Å². The number of nitrogens with zero attached hydrogens (tertiary/aromatic N) is 4. The lowest BCUT2D eigenvalue weighted by Gasteiger charge is -2.11. The number of imidazole rings is 1. The molecule has 3 aromatic heterocycles.